The third-order valence-electron chi connectivity index (χ3n) is 3.72. The molecule has 1 heterocycles. The molecular weight excluding hydrogens is 407 g/mol. The molecule has 0 saturated carbocycles. The van der Waals surface area contributed by atoms with E-state index in [2.05, 4.69) is 25.3 Å². The highest BCUT2D eigenvalue weighted by atomic mass is 19.4. The molecule has 2 aromatic carbocycles. The Labute approximate surface area is 167 Å². The van der Waals surface area contributed by atoms with E-state index in [1.807, 2.05) is 0 Å². The van der Waals surface area contributed by atoms with Gasteiger partial charge in [-0.15, -0.1) is 13.2 Å². The van der Waals surface area contributed by atoms with Gasteiger partial charge in [0, 0.05) is 5.69 Å². The molecule has 0 atom stereocenters. The number of nitrogens with zero attached hydrogens (tertiary/aromatic N) is 3. The lowest BCUT2D eigenvalue weighted by atomic mass is 10.2. The number of para-hydroxylation sites is 2. The zero-order valence-corrected chi connectivity index (χ0v) is 15.3. The minimum atomic E-state index is -4.82. The Hall–Kier alpha value is -4.09. The second kappa shape index (κ2) is 8.51. The lowest BCUT2D eigenvalue weighted by Gasteiger charge is -2.13. The van der Waals surface area contributed by atoms with E-state index in [4.69, 9.17) is 4.74 Å². The Morgan fingerprint density at radius 2 is 1.63 bits per heavy atom. The van der Waals surface area contributed by atoms with Crippen LogP contribution < -0.4 is 20.1 Å². The van der Waals surface area contributed by atoms with Gasteiger partial charge in [-0.3, -0.25) is 10.1 Å². The fourth-order valence-electron chi connectivity index (χ4n) is 2.49. The Bertz CT molecular complexity index is 1040. The fraction of sp³-hybridized carbons (Fsp3) is 0.111. The smallest absolute Gasteiger partial charge is 0.495 e. The minimum Gasteiger partial charge on any atom is -0.495 e. The average Bonchev–Trinajstić information content (AvgIpc) is 2.69. The minimum absolute atomic E-state index is 0.0981. The van der Waals surface area contributed by atoms with Crippen molar-refractivity contribution in [1.29, 1.82) is 0 Å². The summed E-state index contributed by atoms with van der Waals surface area (Å²) in [7, 11) is 1.45. The summed E-state index contributed by atoms with van der Waals surface area (Å²) in [4.78, 5) is 18.8. The van der Waals surface area contributed by atoms with E-state index >= 15 is 0 Å². The number of methoxy groups -OCH3 is 1. The van der Waals surface area contributed by atoms with Crippen molar-refractivity contribution in [3.8, 4) is 11.5 Å². The molecule has 1 aromatic heterocycles. The second-order valence-electron chi connectivity index (χ2n) is 5.70. The molecule has 12 heteroatoms. The number of nitro groups is 1. The van der Waals surface area contributed by atoms with Gasteiger partial charge in [0.15, 0.2) is 0 Å². The number of nitrogens with one attached hydrogen (secondary N) is 2. The lowest BCUT2D eigenvalue weighted by molar-refractivity contribution is -0.383. The molecule has 3 aromatic rings. The van der Waals surface area contributed by atoms with Crippen LogP contribution >= 0.6 is 0 Å². The Balaban J connectivity index is 1.89. The Kier molecular flexibility index (Phi) is 5.85. The van der Waals surface area contributed by atoms with E-state index in [1.165, 1.54) is 19.2 Å². The summed E-state index contributed by atoms with van der Waals surface area (Å²) in [5.74, 6) is -0.236. The first-order valence-electron chi connectivity index (χ1n) is 8.29. The van der Waals surface area contributed by atoms with Crippen molar-refractivity contribution in [1.82, 2.24) is 9.97 Å². The summed E-state index contributed by atoms with van der Waals surface area (Å²) in [5, 5.41) is 17.2. The molecule has 9 nitrogen and oxygen atoms in total. The van der Waals surface area contributed by atoms with Gasteiger partial charge in [0.05, 0.1) is 17.7 Å². The summed E-state index contributed by atoms with van der Waals surface area (Å²) in [6, 6.07) is 11.4. The van der Waals surface area contributed by atoms with Crippen molar-refractivity contribution in [2.45, 2.75) is 6.36 Å². The van der Waals surface area contributed by atoms with Crippen LogP contribution in [0.25, 0.3) is 0 Å². The van der Waals surface area contributed by atoms with Crippen LogP contribution in [0.1, 0.15) is 0 Å². The second-order valence-corrected chi connectivity index (χ2v) is 5.70. The van der Waals surface area contributed by atoms with Gasteiger partial charge in [0.25, 0.3) is 0 Å². The number of hydrogen-bond donors (Lipinski definition) is 2. The molecular formula is C18H14F3N5O4. The SMILES string of the molecule is COc1ccccc1Nc1ncnc(Nc2ccc(OC(F)(F)F)cc2)c1[N+](=O)[O-]. The fourth-order valence-corrected chi connectivity index (χ4v) is 2.49. The van der Waals surface area contributed by atoms with Gasteiger partial charge in [0.2, 0.25) is 11.6 Å². The number of alkyl halides is 3. The highest BCUT2D eigenvalue weighted by molar-refractivity contribution is 5.78. The summed E-state index contributed by atoms with van der Waals surface area (Å²) in [6.07, 6.45) is -3.71. The predicted octanol–water partition coefficient (Wildman–Crippen LogP) is 4.78. The highest BCUT2D eigenvalue weighted by Crippen LogP contribution is 2.35. The molecule has 0 amide bonds. The monoisotopic (exact) mass is 421 g/mol. The summed E-state index contributed by atoms with van der Waals surface area (Å²) in [5.41, 5.74) is 0.245. The zero-order valence-electron chi connectivity index (χ0n) is 15.3. The van der Waals surface area contributed by atoms with Crippen molar-refractivity contribution in [2.24, 2.45) is 0 Å². The Morgan fingerprint density at radius 1 is 1.00 bits per heavy atom. The van der Waals surface area contributed by atoms with Crippen LogP contribution in [0.15, 0.2) is 54.9 Å². The van der Waals surface area contributed by atoms with Gasteiger partial charge in [0.1, 0.15) is 17.8 Å². The maximum absolute atomic E-state index is 12.3. The van der Waals surface area contributed by atoms with Gasteiger partial charge in [-0.1, -0.05) is 12.1 Å². The average molecular weight is 421 g/mol. The third-order valence-corrected chi connectivity index (χ3v) is 3.72. The van der Waals surface area contributed by atoms with E-state index < -0.39 is 22.7 Å². The number of rotatable bonds is 7. The molecule has 3 rings (SSSR count). The van der Waals surface area contributed by atoms with Crippen molar-refractivity contribution in [2.75, 3.05) is 17.7 Å². The van der Waals surface area contributed by atoms with Crippen molar-refractivity contribution in [3.63, 3.8) is 0 Å². The van der Waals surface area contributed by atoms with E-state index in [-0.39, 0.29) is 17.3 Å². The van der Waals surface area contributed by atoms with Gasteiger partial charge >= 0.3 is 12.0 Å². The maximum atomic E-state index is 12.3. The van der Waals surface area contributed by atoms with Crippen LogP contribution in [0.2, 0.25) is 0 Å². The number of anilines is 4. The molecule has 0 fully saturated rings. The summed E-state index contributed by atoms with van der Waals surface area (Å²) >= 11 is 0. The Morgan fingerprint density at radius 3 is 2.23 bits per heavy atom. The van der Waals surface area contributed by atoms with Crippen LogP contribution in [0.4, 0.5) is 41.9 Å². The van der Waals surface area contributed by atoms with E-state index in [9.17, 15) is 23.3 Å². The first-order chi connectivity index (χ1) is 14.3. The quantitative estimate of drug-likeness (QED) is 0.414. The van der Waals surface area contributed by atoms with Crippen LogP contribution in [0, 0.1) is 10.1 Å². The molecule has 0 saturated heterocycles. The van der Waals surface area contributed by atoms with Crippen LogP contribution in [-0.4, -0.2) is 28.4 Å². The predicted molar refractivity (Wildman–Crippen MR) is 101 cm³/mol. The highest BCUT2D eigenvalue weighted by Gasteiger charge is 2.31. The standard InChI is InChI=1S/C18H14F3N5O4/c1-29-14-5-3-2-4-13(14)25-17-15(26(27)28)16(22-10-23-17)24-11-6-8-12(9-7-11)30-18(19,20)21/h2-10H,1H3,(H2,22,23,24,25). The van der Waals surface area contributed by atoms with Crippen molar-refractivity contribution < 1.29 is 27.6 Å². The maximum Gasteiger partial charge on any atom is 0.573 e. The van der Waals surface area contributed by atoms with Gasteiger partial charge in [-0.2, -0.15) is 0 Å². The molecule has 156 valence electrons. The number of halogens is 3. The molecule has 0 unspecified atom stereocenters. The molecule has 0 bridgehead atoms. The number of ether oxygens (including phenoxy) is 2. The lowest BCUT2D eigenvalue weighted by Crippen LogP contribution is -2.17. The molecule has 30 heavy (non-hydrogen) atoms. The third kappa shape index (κ3) is 5.04. The normalized spacial score (nSPS) is 10.9. The number of hydrogen-bond acceptors (Lipinski definition) is 8. The first kappa shape index (κ1) is 20.6. The van der Waals surface area contributed by atoms with E-state index in [0.29, 0.717) is 11.4 Å². The van der Waals surface area contributed by atoms with Gasteiger partial charge in [-0.25, -0.2) is 9.97 Å². The molecule has 0 aliphatic heterocycles. The van der Waals surface area contributed by atoms with E-state index in [0.717, 1.165) is 18.5 Å². The number of aromatic nitrogens is 2. The first-order valence-corrected chi connectivity index (χ1v) is 8.29. The molecule has 0 spiro atoms. The molecule has 0 aliphatic rings. The summed E-state index contributed by atoms with van der Waals surface area (Å²) < 4.78 is 45.8. The summed E-state index contributed by atoms with van der Waals surface area (Å²) in [6.45, 7) is 0. The largest absolute Gasteiger partial charge is 0.573 e. The van der Waals surface area contributed by atoms with Crippen molar-refractivity contribution in [3.05, 3.63) is 65.0 Å². The van der Waals surface area contributed by atoms with Gasteiger partial charge in [-0.05, 0) is 36.4 Å². The topological polar surface area (TPSA) is 111 Å². The zero-order chi connectivity index (χ0) is 21.7. The van der Waals surface area contributed by atoms with Crippen LogP contribution in [-0.2, 0) is 0 Å². The van der Waals surface area contributed by atoms with Crippen molar-refractivity contribution >= 4 is 28.7 Å². The van der Waals surface area contributed by atoms with Gasteiger partial charge < -0.3 is 20.1 Å². The molecule has 0 radical (unpaired) electrons. The van der Waals surface area contributed by atoms with Crippen LogP contribution in [0.3, 0.4) is 0 Å². The molecule has 2 N–H and O–H groups in total. The number of benzene rings is 2. The van der Waals surface area contributed by atoms with Crippen LogP contribution in [0.5, 0.6) is 11.5 Å². The molecule has 0 aliphatic carbocycles. The van der Waals surface area contributed by atoms with E-state index in [1.54, 1.807) is 24.3 Å².